The molecule has 146 valence electrons. The van der Waals surface area contributed by atoms with Gasteiger partial charge in [-0.15, -0.1) is 0 Å². The molecule has 2 aliphatic rings. The average molecular weight is 356 g/mol. The molecule has 0 bridgehead atoms. The van der Waals surface area contributed by atoms with Gasteiger partial charge in [-0.2, -0.15) is 0 Å². The number of ether oxygens (including phenoxy) is 2. The molecule has 0 radical (unpaired) electrons. The highest BCUT2D eigenvalue weighted by atomic mass is 16.5. The van der Waals surface area contributed by atoms with E-state index in [-0.39, 0.29) is 31.3 Å². The van der Waals surface area contributed by atoms with Crippen molar-refractivity contribution in [2.24, 2.45) is 11.8 Å². The Morgan fingerprint density at radius 3 is 2.16 bits per heavy atom. The van der Waals surface area contributed by atoms with Gasteiger partial charge in [-0.05, 0) is 51.4 Å². The topological polar surface area (TPSA) is 64.6 Å². The molecule has 0 saturated heterocycles. The normalized spacial score (nSPS) is 30.2. The number of hydrogen-bond donors (Lipinski definition) is 1. The molecule has 25 heavy (non-hydrogen) atoms. The zero-order valence-electron chi connectivity index (χ0n) is 16.1. The van der Waals surface area contributed by atoms with Crippen LogP contribution in [0.25, 0.3) is 0 Å². The minimum atomic E-state index is 0. The van der Waals surface area contributed by atoms with Gasteiger partial charge < -0.3 is 14.8 Å². The van der Waals surface area contributed by atoms with Crippen LogP contribution in [0, 0.1) is 11.8 Å². The summed E-state index contributed by atoms with van der Waals surface area (Å²) >= 11 is 0. The zero-order chi connectivity index (χ0) is 18.2. The summed E-state index contributed by atoms with van der Waals surface area (Å²) in [5.41, 5.74) is 0. The first kappa shape index (κ1) is 20.4. The molecule has 0 aromatic carbocycles. The molecule has 5 nitrogen and oxygen atoms in total. The Hall–Kier alpha value is -0.940. The smallest absolute Gasteiger partial charge is 0.222 e. The molecule has 5 heteroatoms. The predicted molar refractivity (Wildman–Crippen MR) is 99.5 cm³/mol. The Balaban J connectivity index is 0.00000338. The predicted octanol–water partition coefficient (Wildman–Crippen LogP) is 3.50. The third-order valence-corrected chi connectivity index (χ3v) is 5.70. The number of rotatable bonds is 8. The number of methoxy groups -OCH3 is 1. The summed E-state index contributed by atoms with van der Waals surface area (Å²) in [4.78, 5) is 24.1. The van der Waals surface area contributed by atoms with Crippen LogP contribution < -0.4 is 5.32 Å². The van der Waals surface area contributed by atoms with Gasteiger partial charge in [-0.25, -0.2) is 0 Å². The number of carbonyl (C=O) groups is 2. The van der Waals surface area contributed by atoms with E-state index < -0.39 is 0 Å². The summed E-state index contributed by atoms with van der Waals surface area (Å²) < 4.78 is 11.2. The van der Waals surface area contributed by atoms with E-state index in [4.69, 9.17) is 9.47 Å². The van der Waals surface area contributed by atoms with Crippen molar-refractivity contribution in [1.82, 2.24) is 5.32 Å². The number of nitrogens with one attached hydrogen (secondary N) is 1. The number of carbonyl (C=O) groups excluding carboxylic acids is 2. The fourth-order valence-corrected chi connectivity index (χ4v) is 4.05. The Labute approximate surface area is 153 Å². The highest BCUT2D eigenvalue weighted by Crippen LogP contribution is 2.27. The van der Waals surface area contributed by atoms with E-state index in [0.29, 0.717) is 24.9 Å². The van der Waals surface area contributed by atoms with Gasteiger partial charge in [-0.3, -0.25) is 9.59 Å². The molecule has 2 fully saturated rings. The van der Waals surface area contributed by atoms with E-state index in [9.17, 15) is 9.59 Å². The molecule has 0 aliphatic heterocycles. The van der Waals surface area contributed by atoms with Crippen molar-refractivity contribution < 1.29 is 20.5 Å². The molecule has 1 N–H and O–H groups in total. The summed E-state index contributed by atoms with van der Waals surface area (Å²) in [7, 11) is 1.77. The van der Waals surface area contributed by atoms with Crippen LogP contribution in [0.1, 0.15) is 73.1 Å². The minimum Gasteiger partial charge on any atom is -0.381 e. The van der Waals surface area contributed by atoms with Crippen LogP contribution >= 0.6 is 0 Å². The molecule has 0 atom stereocenters. The van der Waals surface area contributed by atoms with Crippen LogP contribution in [0.3, 0.4) is 0 Å². The third kappa shape index (κ3) is 6.70. The first-order chi connectivity index (χ1) is 12.0. The van der Waals surface area contributed by atoms with Gasteiger partial charge in [0.15, 0.2) is 0 Å². The van der Waals surface area contributed by atoms with Gasteiger partial charge in [0.05, 0.1) is 18.8 Å². The van der Waals surface area contributed by atoms with Crippen LogP contribution in [0.5, 0.6) is 0 Å². The quantitative estimate of drug-likeness (QED) is 0.724. The molecule has 0 unspecified atom stereocenters. The lowest BCUT2D eigenvalue weighted by molar-refractivity contribution is -0.127. The monoisotopic (exact) mass is 355 g/mol. The summed E-state index contributed by atoms with van der Waals surface area (Å²) in [6.07, 6.45) is 8.85. The van der Waals surface area contributed by atoms with Gasteiger partial charge in [0.25, 0.3) is 0 Å². The molecule has 2 aliphatic carbocycles. The molecular weight excluding hydrogens is 318 g/mol. The Kier molecular flexibility index (Phi) is 8.37. The second-order valence-corrected chi connectivity index (χ2v) is 7.93. The SMILES string of the molecule is COC1CCC(OCCC(=O)NC2CCC(C(=O)C(C)C)CC2)CC1.[HH]. The highest BCUT2D eigenvalue weighted by molar-refractivity contribution is 5.83. The van der Waals surface area contributed by atoms with Crippen molar-refractivity contribution in [2.45, 2.75) is 89.9 Å². The van der Waals surface area contributed by atoms with Crippen molar-refractivity contribution in [1.29, 1.82) is 0 Å². The van der Waals surface area contributed by atoms with Crippen molar-refractivity contribution in [3.63, 3.8) is 0 Å². The van der Waals surface area contributed by atoms with E-state index in [1.165, 1.54) is 0 Å². The molecule has 1 amide bonds. The van der Waals surface area contributed by atoms with Crippen LogP contribution in [0.4, 0.5) is 0 Å². The lowest BCUT2D eigenvalue weighted by Crippen LogP contribution is -2.39. The van der Waals surface area contributed by atoms with Gasteiger partial charge in [0.2, 0.25) is 5.91 Å². The van der Waals surface area contributed by atoms with E-state index in [1.807, 2.05) is 13.8 Å². The Bertz CT molecular complexity index is 428. The standard InChI is InChI=1S/C20H35NO4.H2/c1-14(2)20(23)15-4-6-16(7-5-15)21-19(22)12-13-25-18-10-8-17(24-3)9-11-18;/h14-18H,4-13H2,1-3H3,(H,21,22);1H. The van der Waals surface area contributed by atoms with E-state index in [1.54, 1.807) is 7.11 Å². The first-order valence-corrected chi connectivity index (χ1v) is 9.97. The molecule has 2 saturated carbocycles. The maximum absolute atomic E-state index is 12.1. The molecule has 0 spiro atoms. The van der Waals surface area contributed by atoms with Gasteiger partial charge in [0, 0.05) is 32.8 Å². The number of ketones is 1. The zero-order valence-corrected chi connectivity index (χ0v) is 16.1. The fourth-order valence-electron chi connectivity index (χ4n) is 4.05. The van der Waals surface area contributed by atoms with E-state index >= 15 is 0 Å². The van der Waals surface area contributed by atoms with Gasteiger partial charge in [0.1, 0.15) is 5.78 Å². The number of hydrogen-bond acceptors (Lipinski definition) is 4. The summed E-state index contributed by atoms with van der Waals surface area (Å²) in [5.74, 6) is 0.761. The third-order valence-electron chi connectivity index (χ3n) is 5.70. The van der Waals surface area contributed by atoms with Crippen molar-refractivity contribution in [3.05, 3.63) is 0 Å². The van der Waals surface area contributed by atoms with Crippen molar-refractivity contribution >= 4 is 11.7 Å². The Morgan fingerprint density at radius 2 is 1.60 bits per heavy atom. The second kappa shape index (κ2) is 10.3. The lowest BCUT2D eigenvalue weighted by Gasteiger charge is -2.29. The molecule has 2 rings (SSSR count). The van der Waals surface area contributed by atoms with Crippen LogP contribution in [0.2, 0.25) is 0 Å². The molecule has 0 aromatic rings. The summed E-state index contributed by atoms with van der Waals surface area (Å²) in [6, 6.07) is 0.223. The van der Waals surface area contributed by atoms with Crippen molar-refractivity contribution in [3.8, 4) is 0 Å². The van der Waals surface area contributed by atoms with Crippen LogP contribution in [-0.2, 0) is 19.1 Å². The minimum absolute atomic E-state index is 0. The molecular formula is C20H37NO4. The molecule has 0 aromatic heterocycles. The maximum atomic E-state index is 12.1. The van der Waals surface area contributed by atoms with Gasteiger partial charge >= 0.3 is 0 Å². The molecule has 0 heterocycles. The number of amides is 1. The fraction of sp³-hybridized carbons (Fsp3) is 0.900. The average Bonchev–Trinajstić information content (AvgIpc) is 2.62. The summed E-state index contributed by atoms with van der Waals surface area (Å²) in [5, 5.41) is 3.11. The van der Waals surface area contributed by atoms with Crippen LogP contribution in [0.15, 0.2) is 0 Å². The van der Waals surface area contributed by atoms with Crippen LogP contribution in [-0.4, -0.2) is 43.7 Å². The number of Topliss-reactive ketones (excluding diaryl/α,β-unsaturated/α-hetero) is 1. The van der Waals surface area contributed by atoms with E-state index in [2.05, 4.69) is 5.32 Å². The first-order valence-electron chi connectivity index (χ1n) is 9.97. The largest absolute Gasteiger partial charge is 0.381 e. The van der Waals surface area contributed by atoms with Gasteiger partial charge in [-0.1, -0.05) is 13.8 Å². The maximum Gasteiger partial charge on any atom is 0.222 e. The Morgan fingerprint density at radius 1 is 1.00 bits per heavy atom. The van der Waals surface area contributed by atoms with Crippen molar-refractivity contribution in [2.75, 3.05) is 13.7 Å². The summed E-state index contributed by atoms with van der Waals surface area (Å²) in [6.45, 7) is 4.44. The lowest BCUT2D eigenvalue weighted by atomic mass is 9.80. The van der Waals surface area contributed by atoms with E-state index in [0.717, 1.165) is 51.4 Å². The highest BCUT2D eigenvalue weighted by Gasteiger charge is 2.28. The second-order valence-electron chi connectivity index (χ2n) is 7.93.